The highest BCUT2D eigenvalue weighted by atomic mass is 16.4. The lowest BCUT2D eigenvalue weighted by molar-refractivity contribution is -0.132. The van der Waals surface area contributed by atoms with Gasteiger partial charge in [0, 0.05) is 11.4 Å². The number of imide groups is 1. The number of anilines is 2. The lowest BCUT2D eigenvalue weighted by Crippen LogP contribution is -2.58. The van der Waals surface area contributed by atoms with Gasteiger partial charge in [0.2, 0.25) is 11.8 Å². The number of carboxylic acid groups (broad SMARTS) is 1. The summed E-state index contributed by atoms with van der Waals surface area (Å²) in [6.07, 6.45) is 0.505. The number of aromatic carboxylic acids is 1. The monoisotopic (exact) mass is 291 g/mol. The van der Waals surface area contributed by atoms with E-state index in [1.807, 2.05) is 6.92 Å². The van der Waals surface area contributed by atoms with Crippen molar-refractivity contribution in [3.8, 4) is 0 Å². The maximum atomic E-state index is 11.9. The zero-order chi connectivity index (χ0) is 15.7. The van der Waals surface area contributed by atoms with Gasteiger partial charge in [0.25, 0.3) is 0 Å². The zero-order valence-electron chi connectivity index (χ0n) is 11.8. The number of hydrogen-bond acceptors (Lipinski definition) is 5. The summed E-state index contributed by atoms with van der Waals surface area (Å²) < 4.78 is 0. The molecule has 7 nitrogen and oxygen atoms in total. The predicted molar refractivity (Wildman–Crippen MR) is 77.1 cm³/mol. The number of carbonyl (C=O) groups is 3. The third-order valence-electron chi connectivity index (χ3n) is 3.58. The fourth-order valence-corrected chi connectivity index (χ4v) is 2.47. The molecule has 0 aromatic heterocycles. The Bertz CT molecular complexity index is 627. The van der Waals surface area contributed by atoms with Crippen LogP contribution >= 0.6 is 0 Å². The van der Waals surface area contributed by atoms with Crippen LogP contribution in [0.1, 0.15) is 29.3 Å². The molecule has 0 radical (unpaired) electrons. The summed E-state index contributed by atoms with van der Waals surface area (Å²) in [6, 6.07) is 2.59. The molecule has 21 heavy (non-hydrogen) atoms. The summed E-state index contributed by atoms with van der Waals surface area (Å²) in [5.41, 5.74) is 7.02. The fourth-order valence-electron chi connectivity index (χ4n) is 2.47. The van der Waals surface area contributed by atoms with E-state index in [0.29, 0.717) is 17.7 Å². The molecule has 1 unspecified atom stereocenters. The molecule has 1 fully saturated rings. The van der Waals surface area contributed by atoms with Gasteiger partial charge in [-0.15, -0.1) is 0 Å². The van der Waals surface area contributed by atoms with E-state index >= 15 is 0 Å². The summed E-state index contributed by atoms with van der Waals surface area (Å²) in [6.45, 7) is 3.53. The maximum Gasteiger partial charge on any atom is 0.337 e. The minimum Gasteiger partial charge on any atom is -0.478 e. The third kappa shape index (κ3) is 2.67. The molecule has 0 aliphatic carbocycles. The Morgan fingerprint density at radius 3 is 2.71 bits per heavy atom. The number of rotatable bonds is 3. The summed E-state index contributed by atoms with van der Waals surface area (Å²) in [7, 11) is 0. The SMILES string of the molecule is CCC1C(=O)NC(=O)CN1c1cc(C)c(N)c(C(=O)O)c1. The molecule has 0 bridgehead atoms. The Labute approximate surface area is 121 Å². The molecule has 1 heterocycles. The smallest absolute Gasteiger partial charge is 0.337 e. The fraction of sp³-hybridized carbons (Fsp3) is 0.357. The largest absolute Gasteiger partial charge is 0.478 e. The van der Waals surface area contributed by atoms with E-state index in [0.717, 1.165) is 0 Å². The predicted octanol–water partition coefficient (Wildman–Crippen LogP) is 0.517. The van der Waals surface area contributed by atoms with Crippen molar-refractivity contribution in [2.75, 3.05) is 17.2 Å². The molecule has 112 valence electrons. The number of carboxylic acids is 1. The first-order valence-electron chi connectivity index (χ1n) is 6.58. The van der Waals surface area contributed by atoms with E-state index in [4.69, 9.17) is 5.73 Å². The van der Waals surface area contributed by atoms with Gasteiger partial charge in [-0.1, -0.05) is 6.92 Å². The van der Waals surface area contributed by atoms with E-state index in [-0.39, 0.29) is 23.7 Å². The molecule has 1 saturated heterocycles. The highest BCUT2D eigenvalue weighted by molar-refractivity contribution is 6.05. The first-order valence-corrected chi connectivity index (χ1v) is 6.58. The topological polar surface area (TPSA) is 113 Å². The number of nitrogens with zero attached hydrogens (tertiary/aromatic N) is 1. The van der Waals surface area contributed by atoms with E-state index in [2.05, 4.69) is 5.32 Å². The van der Waals surface area contributed by atoms with Crippen LogP contribution in [0.4, 0.5) is 11.4 Å². The zero-order valence-corrected chi connectivity index (χ0v) is 11.8. The van der Waals surface area contributed by atoms with Gasteiger partial charge in [-0.3, -0.25) is 14.9 Å². The Morgan fingerprint density at radius 1 is 1.48 bits per heavy atom. The number of piperazine rings is 1. The molecular formula is C14H17N3O4. The summed E-state index contributed by atoms with van der Waals surface area (Å²) >= 11 is 0. The number of nitrogens with one attached hydrogen (secondary N) is 1. The van der Waals surface area contributed by atoms with Crippen molar-refractivity contribution in [1.29, 1.82) is 0 Å². The molecule has 1 aliphatic heterocycles. The lowest BCUT2D eigenvalue weighted by atomic mass is 10.0. The van der Waals surface area contributed by atoms with Crippen molar-refractivity contribution in [2.24, 2.45) is 0 Å². The molecule has 0 saturated carbocycles. The van der Waals surface area contributed by atoms with E-state index < -0.39 is 17.9 Å². The Hall–Kier alpha value is -2.57. The molecule has 7 heteroatoms. The quantitative estimate of drug-likeness (QED) is 0.552. The molecule has 0 spiro atoms. The van der Waals surface area contributed by atoms with Crippen LogP contribution in [0.3, 0.4) is 0 Å². The van der Waals surface area contributed by atoms with Crippen LogP contribution in [0.25, 0.3) is 0 Å². The third-order valence-corrected chi connectivity index (χ3v) is 3.58. The second-order valence-corrected chi connectivity index (χ2v) is 4.99. The highest BCUT2D eigenvalue weighted by Gasteiger charge is 2.33. The van der Waals surface area contributed by atoms with Crippen molar-refractivity contribution in [2.45, 2.75) is 26.3 Å². The number of nitrogens with two attached hydrogens (primary N) is 1. The average Bonchev–Trinajstić information content (AvgIpc) is 2.40. The second-order valence-electron chi connectivity index (χ2n) is 4.99. The maximum absolute atomic E-state index is 11.9. The van der Waals surface area contributed by atoms with E-state index in [9.17, 15) is 19.5 Å². The molecule has 2 amide bonds. The first-order chi connectivity index (χ1) is 9.85. The van der Waals surface area contributed by atoms with Crippen LogP contribution in [0.15, 0.2) is 12.1 Å². The Balaban J connectivity index is 2.51. The van der Waals surface area contributed by atoms with Crippen LogP contribution in [-0.4, -0.2) is 35.5 Å². The Kier molecular flexibility index (Phi) is 3.84. The minimum absolute atomic E-state index is 0.00661. The number of hydrogen-bond donors (Lipinski definition) is 3. The van der Waals surface area contributed by atoms with Gasteiger partial charge in [-0.2, -0.15) is 0 Å². The van der Waals surface area contributed by atoms with Gasteiger partial charge < -0.3 is 15.7 Å². The molecule has 1 atom stereocenters. The van der Waals surface area contributed by atoms with Gasteiger partial charge in [0.15, 0.2) is 0 Å². The van der Waals surface area contributed by atoms with Gasteiger partial charge in [-0.25, -0.2) is 4.79 Å². The standard InChI is InChI=1S/C14H17N3O4/c1-3-10-13(19)16-11(18)6-17(10)8-4-7(2)12(15)9(5-8)14(20)21/h4-5,10H,3,6,15H2,1-2H3,(H,20,21)(H,16,18,19). The van der Waals surface area contributed by atoms with Crippen molar-refractivity contribution < 1.29 is 19.5 Å². The second kappa shape index (κ2) is 5.43. The Morgan fingerprint density at radius 2 is 2.14 bits per heavy atom. The summed E-state index contributed by atoms with van der Waals surface area (Å²) in [5, 5.41) is 11.5. The van der Waals surface area contributed by atoms with Gasteiger partial charge in [-0.05, 0) is 31.0 Å². The van der Waals surface area contributed by atoms with Crippen LogP contribution in [0, 0.1) is 6.92 Å². The van der Waals surface area contributed by atoms with Crippen LogP contribution in [0.5, 0.6) is 0 Å². The summed E-state index contributed by atoms with van der Waals surface area (Å²) in [4.78, 5) is 36.3. The molecule has 1 aromatic carbocycles. The van der Waals surface area contributed by atoms with Gasteiger partial charge in [0.05, 0.1) is 12.1 Å². The number of nitrogen functional groups attached to an aromatic ring is 1. The summed E-state index contributed by atoms with van der Waals surface area (Å²) in [5.74, 6) is -1.92. The van der Waals surface area contributed by atoms with Crippen LogP contribution in [0.2, 0.25) is 0 Å². The first kappa shape index (κ1) is 14.8. The number of aryl methyl sites for hydroxylation is 1. The van der Waals surface area contributed by atoms with Crippen LogP contribution in [-0.2, 0) is 9.59 Å². The molecule has 4 N–H and O–H groups in total. The molecular weight excluding hydrogens is 274 g/mol. The normalized spacial score (nSPS) is 18.6. The number of carbonyl (C=O) groups excluding carboxylic acids is 2. The van der Waals surface area contributed by atoms with Crippen molar-refractivity contribution >= 4 is 29.2 Å². The molecule has 2 rings (SSSR count). The van der Waals surface area contributed by atoms with Crippen LogP contribution < -0.4 is 16.0 Å². The van der Waals surface area contributed by atoms with E-state index in [1.54, 1.807) is 17.9 Å². The molecule has 1 aliphatic rings. The molecule has 1 aromatic rings. The van der Waals surface area contributed by atoms with Crippen molar-refractivity contribution in [1.82, 2.24) is 5.32 Å². The minimum atomic E-state index is -1.14. The highest BCUT2D eigenvalue weighted by Crippen LogP contribution is 2.28. The van der Waals surface area contributed by atoms with Gasteiger partial charge >= 0.3 is 5.97 Å². The number of amides is 2. The van der Waals surface area contributed by atoms with E-state index in [1.165, 1.54) is 6.07 Å². The van der Waals surface area contributed by atoms with Gasteiger partial charge in [0.1, 0.15) is 6.04 Å². The van der Waals surface area contributed by atoms with Crippen molar-refractivity contribution in [3.05, 3.63) is 23.3 Å². The lowest BCUT2D eigenvalue weighted by Gasteiger charge is -2.35. The van der Waals surface area contributed by atoms with Crippen molar-refractivity contribution in [3.63, 3.8) is 0 Å². The number of benzene rings is 1. The average molecular weight is 291 g/mol.